The van der Waals surface area contributed by atoms with E-state index < -0.39 is 0 Å². The number of fused-ring (bicyclic) bond motifs is 2. The Bertz CT molecular complexity index is 353. The fraction of sp³-hybridized carbons (Fsp3) is 0.800. The molecule has 0 radical (unpaired) electrons. The van der Waals surface area contributed by atoms with Crippen LogP contribution in [0, 0.1) is 3.01 Å². The van der Waals surface area contributed by atoms with Crippen molar-refractivity contribution in [2.45, 2.75) is 43.7 Å². The van der Waals surface area contributed by atoms with Crippen molar-refractivity contribution < 1.29 is 0 Å². The van der Waals surface area contributed by atoms with Crippen LogP contribution in [0.1, 0.15) is 37.4 Å². The molecule has 2 bridgehead atoms. The summed E-state index contributed by atoms with van der Waals surface area (Å²) >= 11 is 3.80. The van der Waals surface area contributed by atoms with Gasteiger partial charge in [-0.05, 0) is 66.9 Å². The zero-order valence-electron chi connectivity index (χ0n) is 8.69. The first-order valence-electron chi connectivity index (χ1n) is 5.45. The van der Waals surface area contributed by atoms with Gasteiger partial charge in [0.1, 0.15) is 5.82 Å². The van der Waals surface area contributed by atoms with Crippen molar-refractivity contribution in [3.63, 3.8) is 0 Å². The summed E-state index contributed by atoms with van der Waals surface area (Å²) in [5.74, 6) is 1.73. The highest BCUT2D eigenvalue weighted by Gasteiger charge is 2.39. The van der Waals surface area contributed by atoms with Gasteiger partial charge in [0.15, 0.2) is 3.01 Å². The van der Waals surface area contributed by atoms with Gasteiger partial charge in [0.25, 0.3) is 0 Å². The Morgan fingerprint density at radius 1 is 1.33 bits per heavy atom. The van der Waals surface area contributed by atoms with Crippen LogP contribution in [0.3, 0.4) is 0 Å². The van der Waals surface area contributed by atoms with Gasteiger partial charge in [-0.3, -0.25) is 0 Å². The molecule has 3 nitrogen and oxygen atoms in total. The van der Waals surface area contributed by atoms with Crippen LogP contribution in [0.5, 0.6) is 0 Å². The number of aromatic nitrogens is 2. The minimum Gasteiger partial charge on any atom is -0.300 e. The number of hydrogen-bond donors (Lipinski definition) is 0. The molecule has 5 heteroatoms. The molecule has 2 fully saturated rings. The van der Waals surface area contributed by atoms with E-state index in [0.29, 0.717) is 5.92 Å². The van der Waals surface area contributed by atoms with Crippen LogP contribution in [-0.2, 0) is 0 Å². The SMILES string of the molecule is CN1C2CCC1CC(c1nsc(I)n1)C2. The van der Waals surface area contributed by atoms with Crippen molar-refractivity contribution in [3.8, 4) is 0 Å². The standard InChI is InChI=1S/C10H14IN3S/c1-14-7-2-3-8(14)5-6(4-7)9-12-10(11)15-13-9/h6-8H,2-5H2,1H3. The van der Waals surface area contributed by atoms with Crippen molar-refractivity contribution in [1.29, 1.82) is 0 Å². The number of halogens is 1. The second-order valence-corrected chi connectivity index (χ2v) is 7.13. The normalized spacial score (nSPS) is 36.0. The first-order chi connectivity index (χ1) is 7.24. The number of nitrogens with zero attached hydrogens (tertiary/aromatic N) is 3. The van der Waals surface area contributed by atoms with E-state index in [1.807, 2.05) is 0 Å². The largest absolute Gasteiger partial charge is 0.300 e. The van der Waals surface area contributed by atoms with E-state index in [4.69, 9.17) is 0 Å². The van der Waals surface area contributed by atoms with Gasteiger partial charge in [-0.1, -0.05) is 0 Å². The summed E-state index contributed by atoms with van der Waals surface area (Å²) in [5.41, 5.74) is 0. The fourth-order valence-electron chi connectivity index (χ4n) is 3.00. The summed E-state index contributed by atoms with van der Waals surface area (Å²) in [7, 11) is 2.27. The van der Waals surface area contributed by atoms with Crippen LogP contribution < -0.4 is 0 Å². The minimum absolute atomic E-state index is 0.624. The van der Waals surface area contributed by atoms with Crippen molar-refractivity contribution in [3.05, 3.63) is 8.84 Å². The summed E-state index contributed by atoms with van der Waals surface area (Å²) in [4.78, 5) is 7.09. The molecule has 82 valence electrons. The van der Waals surface area contributed by atoms with Gasteiger partial charge in [0, 0.05) is 18.0 Å². The van der Waals surface area contributed by atoms with Gasteiger partial charge in [-0.2, -0.15) is 4.37 Å². The molecular formula is C10H14IN3S. The summed E-state index contributed by atoms with van der Waals surface area (Å²) in [6.07, 6.45) is 5.28. The Balaban J connectivity index is 1.80. The van der Waals surface area contributed by atoms with Crippen molar-refractivity contribution in [2.75, 3.05) is 7.05 Å². The predicted molar refractivity (Wildman–Crippen MR) is 69.2 cm³/mol. The summed E-state index contributed by atoms with van der Waals surface area (Å²) in [5, 5.41) is 0. The highest BCUT2D eigenvalue weighted by molar-refractivity contribution is 14.1. The maximum atomic E-state index is 4.53. The third-order valence-corrected chi connectivity index (χ3v) is 5.23. The Labute approximate surface area is 108 Å². The molecule has 3 heterocycles. The molecule has 0 spiro atoms. The molecule has 1 aromatic rings. The third kappa shape index (κ3) is 1.82. The molecule has 3 rings (SSSR count). The van der Waals surface area contributed by atoms with Gasteiger partial charge < -0.3 is 4.90 Å². The number of piperidine rings is 1. The molecule has 0 amide bonds. The monoisotopic (exact) mass is 335 g/mol. The van der Waals surface area contributed by atoms with Crippen molar-refractivity contribution >= 4 is 34.1 Å². The lowest BCUT2D eigenvalue weighted by Crippen LogP contribution is -2.39. The van der Waals surface area contributed by atoms with Gasteiger partial charge in [0.2, 0.25) is 0 Å². The molecule has 0 aliphatic carbocycles. The Kier molecular flexibility index (Phi) is 2.72. The molecule has 0 saturated carbocycles. The molecule has 2 aliphatic heterocycles. The minimum atomic E-state index is 0.624. The first-order valence-corrected chi connectivity index (χ1v) is 7.30. The highest BCUT2D eigenvalue weighted by Crippen LogP contribution is 2.41. The zero-order valence-corrected chi connectivity index (χ0v) is 11.7. The molecule has 2 unspecified atom stereocenters. The molecule has 2 saturated heterocycles. The molecule has 15 heavy (non-hydrogen) atoms. The lowest BCUT2D eigenvalue weighted by atomic mass is 9.90. The van der Waals surface area contributed by atoms with Gasteiger partial charge in [0.05, 0.1) is 0 Å². The molecule has 1 aromatic heterocycles. The van der Waals surface area contributed by atoms with E-state index in [1.165, 1.54) is 37.2 Å². The lowest BCUT2D eigenvalue weighted by molar-refractivity contribution is 0.159. The van der Waals surface area contributed by atoms with E-state index in [9.17, 15) is 0 Å². The average Bonchev–Trinajstić information content (AvgIpc) is 2.70. The van der Waals surface area contributed by atoms with Gasteiger partial charge in [-0.15, -0.1) is 0 Å². The van der Waals surface area contributed by atoms with Crippen molar-refractivity contribution in [2.24, 2.45) is 0 Å². The predicted octanol–water partition coefficient (Wildman–Crippen LogP) is 2.48. The number of hydrogen-bond acceptors (Lipinski definition) is 4. The van der Waals surface area contributed by atoms with Crippen LogP contribution in [0.25, 0.3) is 0 Å². The topological polar surface area (TPSA) is 29.0 Å². The van der Waals surface area contributed by atoms with E-state index in [0.717, 1.165) is 20.9 Å². The highest BCUT2D eigenvalue weighted by atomic mass is 127. The summed E-state index contributed by atoms with van der Waals surface area (Å²) in [6, 6.07) is 1.57. The van der Waals surface area contributed by atoms with Crippen LogP contribution >= 0.6 is 34.1 Å². The van der Waals surface area contributed by atoms with E-state index in [1.54, 1.807) is 0 Å². The molecule has 0 aromatic carbocycles. The Morgan fingerprint density at radius 3 is 2.53 bits per heavy atom. The van der Waals surface area contributed by atoms with E-state index in [2.05, 4.69) is 43.9 Å². The van der Waals surface area contributed by atoms with Crippen LogP contribution in [-0.4, -0.2) is 33.4 Å². The number of rotatable bonds is 1. The molecule has 2 aliphatic rings. The van der Waals surface area contributed by atoms with E-state index >= 15 is 0 Å². The van der Waals surface area contributed by atoms with Crippen LogP contribution in [0.15, 0.2) is 0 Å². The fourth-order valence-corrected chi connectivity index (χ4v) is 4.04. The Hall–Kier alpha value is 0.250. The van der Waals surface area contributed by atoms with Gasteiger partial charge in [-0.25, -0.2) is 4.98 Å². The van der Waals surface area contributed by atoms with Crippen LogP contribution in [0.2, 0.25) is 0 Å². The van der Waals surface area contributed by atoms with E-state index in [-0.39, 0.29) is 0 Å². The third-order valence-electron chi connectivity index (χ3n) is 3.88. The summed E-state index contributed by atoms with van der Waals surface area (Å²) in [6.45, 7) is 0. The summed E-state index contributed by atoms with van der Waals surface area (Å²) < 4.78 is 5.54. The maximum absolute atomic E-state index is 4.53. The first kappa shape index (κ1) is 10.4. The zero-order chi connectivity index (χ0) is 10.4. The second-order valence-electron chi connectivity index (χ2n) is 4.62. The Morgan fingerprint density at radius 2 is 2.00 bits per heavy atom. The van der Waals surface area contributed by atoms with Crippen LogP contribution in [0.4, 0.5) is 0 Å². The molecular weight excluding hydrogens is 321 g/mol. The maximum Gasteiger partial charge on any atom is 0.173 e. The molecule has 0 N–H and O–H groups in total. The van der Waals surface area contributed by atoms with Gasteiger partial charge >= 0.3 is 0 Å². The smallest absolute Gasteiger partial charge is 0.173 e. The lowest BCUT2D eigenvalue weighted by Gasteiger charge is -2.35. The van der Waals surface area contributed by atoms with Crippen molar-refractivity contribution in [1.82, 2.24) is 14.3 Å². The second kappa shape index (κ2) is 3.92. The quantitative estimate of drug-likeness (QED) is 0.739. The average molecular weight is 335 g/mol. The molecule has 2 atom stereocenters.